The van der Waals surface area contributed by atoms with Gasteiger partial charge in [-0.3, -0.25) is 0 Å². The molecule has 0 amide bonds. The van der Waals surface area contributed by atoms with Crippen LogP contribution in [0.3, 0.4) is 0 Å². The zero-order valence-corrected chi connectivity index (χ0v) is 6.19. The predicted octanol–water partition coefficient (Wildman–Crippen LogP) is 1.73. The maximum atomic E-state index is 5.53. The molecule has 1 aliphatic carbocycles. The summed E-state index contributed by atoms with van der Waals surface area (Å²) < 4.78 is 0. The van der Waals surface area contributed by atoms with Crippen molar-refractivity contribution in [2.45, 2.75) is 32.6 Å². The van der Waals surface area contributed by atoms with Gasteiger partial charge in [0.05, 0.1) is 0 Å². The summed E-state index contributed by atoms with van der Waals surface area (Å²) in [6.45, 7) is 3.14. The lowest BCUT2D eigenvalue weighted by atomic mass is 9.83. The van der Waals surface area contributed by atoms with Crippen molar-refractivity contribution >= 4 is 0 Å². The van der Waals surface area contributed by atoms with E-state index in [1.165, 1.54) is 25.7 Å². The number of rotatable bonds is 1. The van der Waals surface area contributed by atoms with Gasteiger partial charge in [-0.05, 0) is 31.2 Å². The highest BCUT2D eigenvalue weighted by atomic mass is 14.5. The molecule has 0 aromatic carbocycles. The minimum Gasteiger partial charge on any atom is -0.330 e. The molecule has 0 spiro atoms. The molecular weight excluding hydrogens is 110 g/mol. The minimum atomic E-state index is 0.824. The Morgan fingerprint density at radius 2 is 2.44 bits per heavy atom. The standard InChI is InChI=1S/C8H16N/c1-7-3-2-4-8(5-7)6-9/h7H,2-6,9H2,1H3. The van der Waals surface area contributed by atoms with Gasteiger partial charge in [0.2, 0.25) is 0 Å². The van der Waals surface area contributed by atoms with Crippen molar-refractivity contribution < 1.29 is 0 Å². The first-order valence-corrected chi connectivity index (χ1v) is 3.86. The molecule has 1 radical (unpaired) electrons. The Balaban J connectivity index is 2.23. The molecule has 9 heavy (non-hydrogen) atoms. The molecule has 0 aliphatic heterocycles. The van der Waals surface area contributed by atoms with E-state index in [-0.39, 0.29) is 0 Å². The number of hydrogen-bond acceptors (Lipinski definition) is 1. The first kappa shape index (κ1) is 7.07. The van der Waals surface area contributed by atoms with E-state index in [9.17, 15) is 0 Å². The minimum absolute atomic E-state index is 0.824. The fourth-order valence-corrected chi connectivity index (χ4v) is 1.58. The van der Waals surface area contributed by atoms with Gasteiger partial charge in [0.1, 0.15) is 0 Å². The van der Waals surface area contributed by atoms with E-state index in [0.29, 0.717) is 0 Å². The van der Waals surface area contributed by atoms with Crippen LogP contribution in [0.4, 0.5) is 0 Å². The second-order valence-electron chi connectivity index (χ2n) is 3.16. The van der Waals surface area contributed by atoms with Crippen LogP contribution in [0.15, 0.2) is 0 Å². The molecule has 0 aromatic heterocycles. The Hall–Kier alpha value is -0.0400. The lowest BCUT2D eigenvalue weighted by molar-refractivity contribution is 0.406. The molecule has 0 saturated heterocycles. The van der Waals surface area contributed by atoms with Crippen LogP contribution in [-0.2, 0) is 0 Å². The average molecular weight is 126 g/mol. The summed E-state index contributed by atoms with van der Waals surface area (Å²) in [5, 5.41) is 0. The van der Waals surface area contributed by atoms with Crippen molar-refractivity contribution in [2.24, 2.45) is 11.7 Å². The van der Waals surface area contributed by atoms with Crippen molar-refractivity contribution in [3.8, 4) is 0 Å². The lowest BCUT2D eigenvalue weighted by Gasteiger charge is -2.24. The molecule has 0 aromatic rings. The summed E-state index contributed by atoms with van der Waals surface area (Å²) in [5.74, 6) is 2.48. The first-order chi connectivity index (χ1) is 4.33. The zero-order valence-electron chi connectivity index (χ0n) is 6.19. The van der Waals surface area contributed by atoms with Crippen LogP contribution in [0, 0.1) is 11.8 Å². The molecular formula is C8H16N. The lowest BCUT2D eigenvalue weighted by Crippen LogP contribution is -2.19. The summed E-state index contributed by atoms with van der Waals surface area (Å²) in [6.07, 6.45) is 5.36. The molecule has 1 aliphatic rings. The Morgan fingerprint density at radius 3 is 2.89 bits per heavy atom. The van der Waals surface area contributed by atoms with Crippen LogP contribution in [0.2, 0.25) is 0 Å². The molecule has 1 atom stereocenters. The molecule has 1 nitrogen and oxygen atoms in total. The van der Waals surface area contributed by atoms with Gasteiger partial charge < -0.3 is 5.73 Å². The highest BCUT2D eigenvalue weighted by Crippen LogP contribution is 2.28. The van der Waals surface area contributed by atoms with E-state index in [4.69, 9.17) is 5.73 Å². The van der Waals surface area contributed by atoms with E-state index in [0.717, 1.165) is 12.5 Å². The third-order valence-corrected chi connectivity index (χ3v) is 2.15. The number of nitrogens with two attached hydrogens (primary N) is 1. The maximum absolute atomic E-state index is 5.53. The van der Waals surface area contributed by atoms with Crippen molar-refractivity contribution in [1.29, 1.82) is 0 Å². The van der Waals surface area contributed by atoms with Gasteiger partial charge in [-0.2, -0.15) is 0 Å². The Kier molecular flexibility index (Phi) is 2.52. The third-order valence-electron chi connectivity index (χ3n) is 2.15. The highest BCUT2D eigenvalue weighted by molar-refractivity contribution is 4.95. The largest absolute Gasteiger partial charge is 0.330 e. The van der Waals surface area contributed by atoms with Gasteiger partial charge in [-0.1, -0.05) is 19.8 Å². The second kappa shape index (κ2) is 3.21. The van der Waals surface area contributed by atoms with Gasteiger partial charge in [-0.15, -0.1) is 0 Å². The predicted molar refractivity (Wildman–Crippen MR) is 39.9 cm³/mol. The Bertz CT molecular complexity index is 80.6. The van der Waals surface area contributed by atoms with Crippen LogP contribution in [0.5, 0.6) is 0 Å². The zero-order chi connectivity index (χ0) is 6.69. The van der Waals surface area contributed by atoms with Crippen LogP contribution in [0.1, 0.15) is 32.6 Å². The van der Waals surface area contributed by atoms with Gasteiger partial charge >= 0.3 is 0 Å². The van der Waals surface area contributed by atoms with E-state index < -0.39 is 0 Å². The molecule has 1 heteroatoms. The molecule has 1 saturated carbocycles. The molecule has 2 N–H and O–H groups in total. The van der Waals surface area contributed by atoms with Crippen LogP contribution in [0.25, 0.3) is 0 Å². The van der Waals surface area contributed by atoms with Crippen molar-refractivity contribution in [1.82, 2.24) is 0 Å². The van der Waals surface area contributed by atoms with E-state index in [1.54, 1.807) is 5.92 Å². The first-order valence-electron chi connectivity index (χ1n) is 3.86. The fraction of sp³-hybridized carbons (Fsp3) is 0.875. The third kappa shape index (κ3) is 1.98. The van der Waals surface area contributed by atoms with Gasteiger partial charge in [0.25, 0.3) is 0 Å². The Labute approximate surface area is 57.6 Å². The molecule has 1 unspecified atom stereocenters. The molecule has 1 fully saturated rings. The van der Waals surface area contributed by atoms with Gasteiger partial charge in [-0.25, -0.2) is 0 Å². The van der Waals surface area contributed by atoms with Crippen molar-refractivity contribution in [3.63, 3.8) is 0 Å². The number of hydrogen-bond donors (Lipinski definition) is 1. The van der Waals surface area contributed by atoms with E-state index in [2.05, 4.69) is 6.92 Å². The Morgan fingerprint density at radius 1 is 1.67 bits per heavy atom. The van der Waals surface area contributed by atoms with E-state index in [1.807, 2.05) is 0 Å². The summed E-state index contributed by atoms with van der Waals surface area (Å²) in [5.41, 5.74) is 5.53. The molecule has 1 rings (SSSR count). The summed E-state index contributed by atoms with van der Waals surface area (Å²) in [4.78, 5) is 0. The second-order valence-corrected chi connectivity index (χ2v) is 3.16. The topological polar surface area (TPSA) is 26.0 Å². The highest BCUT2D eigenvalue weighted by Gasteiger charge is 2.17. The maximum Gasteiger partial charge on any atom is -0.00146 e. The smallest absolute Gasteiger partial charge is 0.00146 e. The monoisotopic (exact) mass is 126 g/mol. The van der Waals surface area contributed by atoms with Gasteiger partial charge in [0.15, 0.2) is 0 Å². The van der Waals surface area contributed by atoms with Crippen molar-refractivity contribution in [2.75, 3.05) is 6.54 Å². The quantitative estimate of drug-likeness (QED) is 0.569. The molecule has 53 valence electrons. The van der Waals surface area contributed by atoms with Crippen molar-refractivity contribution in [3.05, 3.63) is 5.92 Å². The molecule has 0 bridgehead atoms. The summed E-state index contributed by atoms with van der Waals surface area (Å²) in [6, 6.07) is 0. The summed E-state index contributed by atoms with van der Waals surface area (Å²) >= 11 is 0. The van der Waals surface area contributed by atoms with Crippen LogP contribution >= 0.6 is 0 Å². The summed E-state index contributed by atoms with van der Waals surface area (Å²) in [7, 11) is 0. The van der Waals surface area contributed by atoms with E-state index >= 15 is 0 Å². The average Bonchev–Trinajstić information content (AvgIpc) is 1.88. The fourth-order valence-electron chi connectivity index (χ4n) is 1.58. The normalized spacial score (nSPS) is 30.7. The SMILES string of the molecule is CC1CCC[C](CN)C1. The molecule has 0 heterocycles. The van der Waals surface area contributed by atoms with Crippen LogP contribution < -0.4 is 5.73 Å². The van der Waals surface area contributed by atoms with Crippen LogP contribution in [-0.4, -0.2) is 6.54 Å². The van der Waals surface area contributed by atoms with Gasteiger partial charge in [0, 0.05) is 0 Å².